The normalized spacial score (nSPS) is 16.7. The molecule has 1 aromatic carbocycles. The molecule has 14 heavy (non-hydrogen) atoms. The van der Waals surface area contributed by atoms with Gasteiger partial charge >= 0.3 is 0 Å². The lowest BCUT2D eigenvalue weighted by atomic mass is 9.93. The summed E-state index contributed by atoms with van der Waals surface area (Å²) in [6.07, 6.45) is 3.89. The fraction of sp³-hybridized carbons (Fsp3) is 0.455. The highest BCUT2D eigenvalue weighted by Gasteiger charge is 2.16. The fourth-order valence-electron chi connectivity index (χ4n) is 1.53. The van der Waals surface area contributed by atoms with E-state index >= 15 is 0 Å². The summed E-state index contributed by atoms with van der Waals surface area (Å²) in [5, 5.41) is 3.44. The molecule has 76 valence electrons. The van der Waals surface area contributed by atoms with Crippen LogP contribution in [0.2, 0.25) is 0 Å². The van der Waals surface area contributed by atoms with E-state index in [1.807, 2.05) is 6.07 Å². The van der Waals surface area contributed by atoms with Crippen molar-refractivity contribution >= 4 is 15.9 Å². The standard InChI is InChI=1S/C11H13BrFN/c12-11-6-9(13)5-4-8(11)7-14-10-2-1-3-10/h4-6,10,14H,1-3,7H2. The van der Waals surface area contributed by atoms with E-state index in [1.54, 1.807) is 0 Å². The van der Waals surface area contributed by atoms with Gasteiger partial charge in [-0.1, -0.05) is 28.4 Å². The number of benzene rings is 1. The zero-order chi connectivity index (χ0) is 9.97. The number of hydrogen-bond acceptors (Lipinski definition) is 1. The molecule has 0 radical (unpaired) electrons. The van der Waals surface area contributed by atoms with Gasteiger partial charge in [0.15, 0.2) is 0 Å². The molecule has 0 amide bonds. The Hall–Kier alpha value is -0.410. The van der Waals surface area contributed by atoms with Crippen LogP contribution in [0.5, 0.6) is 0 Å². The summed E-state index contributed by atoms with van der Waals surface area (Å²) in [5.74, 6) is -0.190. The van der Waals surface area contributed by atoms with Crippen molar-refractivity contribution < 1.29 is 4.39 Å². The van der Waals surface area contributed by atoms with Crippen molar-refractivity contribution in [3.8, 4) is 0 Å². The molecule has 0 bridgehead atoms. The molecule has 0 aliphatic heterocycles. The lowest BCUT2D eigenvalue weighted by Crippen LogP contribution is -2.34. The van der Waals surface area contributed by atoms with Gasteiger partial charge in [0.05, 0.1) is 0 Å². The number of rotatable bonds is 3. The van der Waals surface area contributed by atoms with E-state index in [0.29, 0.717) is 6.04 Å². The summed E-state index contributed by atoms with van der Waals surface area (Å²) >= 11 is 3.36. The van der Waals surface area contributed by atoms with Crippen molar-refractivity contribution in [2.75, 3.05) is 0 Å². The molecule has 0 aromatic heterocycles. The van der Waals surface area contributed by atoms with Crippen LogP contribution in [0.1, 0.15) is 24.8 Å². The SMILES string of the molecule is Fc1ccc(CNC2CCC2)c(Br)c1. The van der Waals surface area contributed by atoms with Crippen molar-refractivity contribution in [1.82, 2.24) is 5.32 Å². The summed E-state index contributed by atoms with van der Waals surface area (Å²) in [4.78, 5) is 0. The van der Waals surface area contributed by atoms with E-state index in [-0.39, 0.29) is 5.82 Å². The van der Waals surface area contributed by atoms with Crippen LogP contribution in [0, 0.1) is 5.82 Å². The van der Waals surface area contributed by atoms with E-state index in [0.717, 1.165) is 16.6 Å². The highest BCUT2D eigenvalue weighted by Crippen LogP contribution is 2.21. The van der Waals surface area contributed by atoms with Gasteiger partial charge in [0.2, 0.25) is 0 Å². The van der Waals surface area contributed by atoms with E-state index in [4.69, 9.17) is 0 Å². The van der Waals surface area contributed by atoms with Gasteiger partial charge in [0, 0.05) is 17.1 Å². The van der Waals surface area contributed by atoms with E-state index in [9.17, 15) is 4.39 Å². The molecule has 0 unspecified atom stereocenters. The topological polar surface area (TPSA) is 12.0 Å². The van der Waals surface area contributed by atoms with Crippen LogP contribution in [0.15, 0.2) is 22.7 Å². The highest BCUT2D eigenvalue weighted by atomic mass is 79.9. The summed E-state index contributed by atoms with van der Waals surface area (Å²) < 4.78 is 13.6. The number of hydrogen-bond donors (Lipinski definition) is 1. The summed E-state index contributed by atoms with van der Waals surface area (Å²) in [6.45, 7) is 0.825. The van der Waals surface area contributed by atoms with Crippen LogP contribution in [0.3, 0.4) is 0 Å². The minimum absolute atomic E-state index is 0.190. The maximum absolute atomic E-state index is 12.8. The predicted octanol–water partition coefficient (Wildman–Crippen LogP) is 3.23. The predicted molar refractivity (Wildman–Crippen MR) is 58.6 cm³/mol. The van der Waals surface area contributed by atoms with Gasteiger partial charge < -0.3 is 5.32 Å². The average molecular weight is 258 g/mol. The molecule has 1 aliphatic rings. The van der Waals surface area contributed by atoms with Crippen molar-refractivity contribution in [2.45, 2.75) is 31.8 Å². The van der Waals surface area contributed by atoms with Crippen LogP contribution < -0.4 is 5.32 Å². The Morgan fingerprint density at radius 3 is 2.79 bits per heavy atom. The summed E-state index contributed by atoms with van der Waals surface area (Å²) in [5.41, 5.74) is 1.12. The molecule has 1 N–H and O–H groups in total. The number of halogens is 2. The lowest BCUT2D eigenvalue weighted by Gasteiger charge is -2.26. The third kappa shape index (κ3) is 2.34. The molecule has 0 saturated heterocycles. The Morgan fingerprint density at radius 1 is 1.43 bits per heavy atom. The van der Waals surface area contributed by atoms with Gasteiger partial charge in [-0.05, 0) is 30.5 Å². The van der Waals surface area contributed by atoms with Crippen molar-refractivity contribution in [3.63, 3.8) is 0 Å². The first kappa shape index (κ1) is 10.1. The number of nitrogens with one attached hydrogen (secondary N) is 1. The van der Waals surface area contributed by atoms with Gasteiger partial charge in [0.1, 0.15) is 5.82 Å². The highest BCUT2D eigenvalue weighted by molar-refractivity contribution is 9.10. The first-order valence-corrected chi connectivity index (χ1v) is 5.72. The molecule has 1 nitrogen and oxygen atoms in total. The zero-order valence-electron chi connectivity index (χ0n) is 7.89. The lowest BCUT2D eigenvalue weighted by molar-refractivity contribution is 0.338. The van der Waals surface area contributed by atoms with Crippen LogP contribution in [0.4, 0.5) is 4.39 Å². The zero-order valence-corrected chi connectivity index (χ0v) is 9.48. The molecule has 1 aliphatic carbocycles. The molecular weight excluding hydrogens is 245 g/mol. The fourth-order valence-corrected chi connectivity index (χ4v) is 2.02. The molecular formula is C11H13BrFN. The smallest absolute Gasteiger partial charge is 0.124 e. The van der Waals surface area contributed by atoms with Crippen molar-refractivity contribution in [3.05, 3.63) is 34.1 Å². The van der Waals surface area contributed by atoms with Gasteiger partial charge in [-0.25, -0.2) is 4.39 Å². The Kier molecular flexibility index (Phi) is 3.19. The van der Waals surface area contributed by atoms with E-state index < -0.39 is 0 Å². The van der Waals surface area contributed by atoms with Gasteiger partial charge in [0.25, 0.3) is 0 Å². The largest absolute Gasteiger partial charge is 0.310 e. The molecule has 0 heterocycles. The molecule has 3 heteroatoms. The maximum atomic E-state index is 12.8. The maximum Gasteiger partial charge on any atom is 0.124 e. The second-order valence-corrected chi connectivity index (χ2v) is 4.60. The molecule has 1 aromatic rings. The third-order valence-corrected chi connectivity index (χ3v) is 3.44. The summed E-state index contributed by atoms with van der Waals surface area (Å²) in [6, 6.07) is 5.51. The first-order valence-electron chi connectivity index (χ1n) is 4.93. The Labute approximate surface area is 91.8 Å². The average Bonchev–Trinajstić information content (AvgIpc) is 2.05. The Balaban J connectivity index is 1.94. The first-order chi connectivity index (χ1) is 6.75. The second kappa shape index (κ2) is 4.41. The van der Waals surface area contributed by atoms with Crippen LogP contribution in [0.25, 0.3) is 0 Å². The monoisotopic (exact) mass is 257 g/mol. The molecule has 0 spiro atoms. The summed E-state index contributed by atoms with van der Waals surface area (Å²) in [7, 11) is 0. The third-order valence-electron chi connectivity index (χ3n) is 2.70. The van der Waals surface area contributed by atoms with Gasteiger partial charge in [-0.2, -0.15) is 0 Å². The van der Waals surface area contributed by atoms with Gasteiger partial charge in [-0.15, -0.1) is 0 Å². The molecule has 2 rings (SSSR count). The minimum Gasteiger partial charge on any atom is -0.310 e. The molecule has 0 atom stereocenters. The van der Waals surface area contributed by atoms with Crippen LogP contribution in [-0.2, 0) is 6.54 Å². The van der Waals surface area contributed by atoms with Crippen molar-refractivity contribution in [2.24, 2.45) is 0 Å². The van der Waals surface area contributed by atoms with Gasteiger partial charge in [-0.3, -0.25) is 0 Å². The van der Waals surface area contributed by atoms with E-state index in [1.165, 1.54) is 31.4 Å². The van der Waals surface area contributed by atoms with E-state index in [2.05, 4.69) is 21.2 Å². The van der Waals surface area contributed by atoms with Crippen molar-refractivity contribution in [1.29, 1.82) is 0 Å². The van der Waals surface area contributed by atoms with Crippen LogP contribution in [-0.4, -0.2) is 6.04 Å². The minimum atomic E-state index is -0.190. The van der Waals surface area contributed by atoms with Crippen LogP contribution >= 0.6 is 15.9 Å². The molecule has 1 fully saturated rings. The Bertz CT molecular complexity index is 323. The second-order valence-electron chi connectivity index (χ2n) is 3.74. The quantitative estimate of drug-likeness (QED) is 0.877. The molecule has 1 saturated carbocycles. The Morgan fingerprint density at radius 2 is 2.21 bits per heavy atom.